The molecule has 0 unspecified atom stereocenters. The molecule has 0 saturated carbocycles. The number of carbonyl (C=O) groups excluding carboxylic acids is 2. The molecule has 0 radical (unpaired) electrons. The van der Waals surface area contributed by atoms with Crippen LogP contribution >= 0.6 is 0 Å². The normalized spacial score (nSPS) is 25.1. The lowest BCUT2D eigenvalue weighted by Crippen LogP contribution is -2.24. The van der Waals surface area contributed by atoms with Crippen LogP contribution in [0.3, 0.4) is 0 Å². The molecule has 0 amide bonds. The van der Waals surface area contributed by atoms with E-state index >= 15 is 0 Å². The molecule has 6 heteroatoms. The molecule has 0 aromatic rings. The number of esters is 2. The summed E-state index contributed by atoms with van der Waals surface area (Å²) in [4.78, 5) is 22.8. The average Bonchev–Trinajstić information content (AvgIpc) is 2.87. The second-order valence-electron chi connectivity index (χ2n) is 3.55. The second kappa shape index (κ2) is 4.48. The molecular weight excluding hydrogens is 228 g/mol. The lowest BCUT2D eigenvalue weighted by Gasteiger charge is -2.09. The van der Waals surface area contributed by atoms with Crippen molar-refractivity contribution in [3.05, 3.63) is 23.7 Å². The summed E-state index contributed by atoms with van der Waals surface area (Å²) in [6, 6.07) is 0. The highest BCUT2D eigenvalue weighted by molar-refractivity contribution is 5.92. The molecule has 2 atom stereocenters. The Morgan fingerprint density at radius 2 is 2.12 bits per heavy atom. The van der Waals surface area contributed by atoms with Gasteiger partial charge in [0.1, 0.15) is 17.8 Å². The molecule has 0 N–H and O–H groups in total. The van der Waals surface area contributed by atoms with E-state index in [2.05, 4.69) is 9.47 Å². The van der Waals surface area contributed by atoms with Crippen molar-refractivity contribution in [3.8, 4) is 0 Å². The Morgan fingerprint density at radius 3 is 2.76 bits per heavy atom. The van der Waals surface area contributed by atoms with Crippen molar-refractivity contribution < 1.29 is 28.5 Å². The quantitative estimate of drug-likeness (QED) is 0.660. The maximum absolute atomic E-state index is 11.6. The fraction of sp³-hybridized carbons (Fsp3) is 0.455. The van der Waals surface area contributed by atoms with Gasteiger partial charge in [0.15, 0.2) is 12.2 Å². The van der Waals surface area contributed by atoms with Crippen LogP contribution in [0.5, 0.6) is 0 Å². The van der Waals surface area contributed by atoms with E-state index in [0.717, 1.165) is 0 Å². The highest BCUT2D eigenvalue weighted by Crippen LogP contribution is 2.34. The fourth-order valence-electron chi connectivity index (χ4n) is 1.79. The molecular formula is C11H12O6. The number of rotatable bonds is 3. The topological polar surface area (TPSA) is 71.1 Å². The van der Waals surface area contributed by atoms with E-state index < -0.39 is 18.0 Å². The maximum atomic E-state index is 11.6. The zero-order valence-electron chi connectivity index (χ0n) is 9.47. The summed E-state index contributed by atoms with van der Waals surface area (Å²) in [5.41, 5.74) is 0.243. The minimum absolute atomic E-state index is 0.106. The van der Waals surface area contributed by atoms with Crippen LogP contribution < -0.4 is 0 Å². The van der Waals surface area contributed by atoms with Gasteiger partial charge in [-0.25, -0.2) is 4.79 Å². The Kier molecular flexibility index (Phi) is 3.03. The largest absolute Gasteiger partial charge is 0.489 e. The summed E-state index contributed by atoms with van der Waals surface area (Å²) < 4.78 is 19.9. The molecule has 0 aliphatic carbocycles. The van der Waals surface area contributed by atoms with Gasteiger partial charge in [-0.15, -0.1) is 0 Å². The van der Waals surface area contributed by atoms with Crippen molar-refractivity contribution in [1.29, 1.82) is 0 Å². The lowest BCUT2D eigenvalue weighted by molar-refractivity contribution is -0.140. The highest BCUT2D eigenvalue weighted by Gasteiger charge is 2.44. The van der Waals surface area contributed by atoms with Gasteiger partial charge in [0.05, 0.1) is 20.5 Å². The molecule has 0 aromatic heterocycles. The standard InChI is InChI=1S/C11H12O6/c1-14-8(12)5-7-9(11(13)15-2)10-6(17-7)3-4-16-10/h3-4,6,10H,5H2,1-2H3/t6-,10+/m0/s1. The minimum Gasteiger partial charge on any atom is -0.489 e. The summed E-state index contributed by atoms with van der Waals surface area (Å²) in [5.74, 6) is -0.784. The molecule has 92 valence electrons. The monoisotopic (exact) mass is 240 g/mol. The zero-order chi connectivity index (χ0) is 12.4. The van der Waals surface area contributed by atoms with E-state index in [4.69, 9.17) is 9.47 Å². The second-order valence-corrected chi connectivity index (χ2v) is 3.55. The number of hydrogen-bond donors (Lipinski definition) is 0. The van der Waals surface area contributed by atoms with Crippen LogP contribution in [0, 0.1) is 0 Å². The Balaban J connectivity index is 2.24. The third kappa shape index (κ3) is 1.98. The lowest BCUT2D eigenvalue weighted by atomic mass is 10.1. The highest BCUT2D eigenvalue weighted by atomic mass is 16.6. The minimum atomic E-state index is -0.555. The summed E-state index contributed by atoms with van der Waals surface area (Å²) >= 11 is 0. The van der Waals surface area contributed by atoms with Gasteiger partial charge < -0.3 is 18.9 Å². The van der Waals surface area contributed by atoms with E-state index in [-0.39, 0.29) is 23.9 Å². The molecule has 17 heavy (non-hydrogen) atoms. The molecule has 2 aliphatic rings. The van der Waals surface area contributed by atoms with E-state index in [1.165, 1.54) is 20.5 Å². The van der Waals surface area contributed by atoms with Crippen molar-refractivity contribution in [2.24, 2.45) is 0 Å². The first kappa shape index (κ1) is 11.5. The van der Waals surface area contributed by atoms with Crippen molar-refractivity contribution in [1.82, 2.24) is 0 Å². The summed E-state index contributed by atoms with van der Waals surface area (Å²) in [6.45, 7) is 0. The zero-order valence-corrected chi connectivity index (χ0v) is 9.47. The molecule has 0 bridgehead atoms. The molecule has 0 fully saturated rings. The fourth-order valence-corrected chi connectivity index (χ4v) is 1.79. The van der Waals surface area contributed by atoms with E-state index in [1.54, 1.807) is 6.08 Å². The Morgan fingerprint density at radius 1 is 1.35 bits per heavy atom. The van der Waals surface area contributed by atoms with Crippen molar-refractivity contribution >= 4 is 11.9 Å². The number of ether oxygens (including phenoxy) is 4. The van der Waals surface area contributed by atoms with Gasteiger partial charge in [0.25, 0.3) is 0 Å². The summed E-state index contributed by atoms with van der Waals surface area (Å²) in [6.07, 6.45) is 2.14. The maximum Gasteiger partial charge on any atom is 0.341 e. The van der Waals surface area contributed by atoms with Gasteiger partial charge in [-0.3, -0.25) is 4.79 Å². The summed E-state index contributed by atoms with van der Waals surface area (Å²) in [5, 5.41) is 0. The third-order valence-electron chi connectivity index (χ3n) is 2.59. The number of methoxy groups -OCH3 is 2. The Hall–Kier alpha value is -1.98. The van der Waals surface area contributed by atoms with Gasteiger partial charge in [-0.05, 0) is 6.08 Å². The molecule has 0 saturated heterocycles. The first-order valence-corrected chi connectivity index (χ1v) is 5.04. The molecule has 0 spiro atoms. The van der Waals surface area contributed by atoms with Crippen LogP contribution in [0.4, 0.5) is 0 Å². The van der Waals surface area contributed by atoms with Gasteiger partial charge in [-0.1, -0.05) is 0 Å². The van der Waals surface area contributed by atoms with Gasteiger partial charge in [0, 0.05) is 0 Å². The van der Waals surface area contributed by atoms with Crippen LogP contribution in [0.1, 0.15) is 6.42 Å². The predicted octanol–water partition coefficient (Wildman–Crippen LogP) is 0.288. The van der Waals surface area contributed by atoms with Crippen molar-refractivity contribution in [3.63, 3.8) is 0 Å². The SMILES string of the molecule is COC(=O)CC1=C(C(=O)OC)[C@@H]2OC=C[C@@H]2O1. The van der Waals surface area contributed by atoms with Crippen LogP contribution in [-0.2, 0) is 28.5 Å². The molecule has 0 aromatic carbocycles. The van der Waals surface area contributed by atoms with E-state index in [1.807, 2.05) is 0 Å². The molecule has 2 aliphatic heterocycles. The number of fused-ring (bicyclic) bond motifs is 1. The van der Waals surface area contributed by atoms with E-state index in [0.29, 0.717) is 0 Å². The average molecular weight is 240 g/mol. The molecule has 2 heterocycles. The van der Waals surface area contributed by atoms with Crippen LogP contribution in [0.15, 0.2) is 23.7 Å². The van der Waals surface area contributed by atoms with Gasteiger partial charge >= 0.3 is 11.9 Å². The number of carbonyl (C=O) groups is 2. The van der Waals surface area contributed by atoms with Gasteiger partial charge in [-0.2, -0.15) is 0 Å². The first-order chi connectivity index (χ1) is 8.17. The van der Waals surface area contributed by atoms with Crippen LogP contribution in [0.2, 0.25) is 0 Å². The third-order valence-corrected chi connectivity index (χ3v) is 2.59. The first-order valence-electron chi connectivity index (χ1n) is 5.04. The summed E-state index contributed by atoms with van der Waals surface area (Å²) in [7, 11) is 2.54. The molecule has 2 rings (SSSR count). The Bertz CT molecular complexity index is 408. The molecule has 6 nitrogen and oxygen atoms in total. The predicted molar refractivity (Wildman–Crippen MR) is 54.6 cm³/mol. The number of hydrogen-bond acceptors (Lipinski definition) is 6. The van der Waals surface area contributed by atoms with Crippen LogP contribution in [-0.4, -0.2) is 38.4 Å². The Labute approximate surface area is 97.8 Å². The smallest absolute Gasteiger partial charge is 0.341 e. The van der Waals surface area contributed by atoms with Crippen molar-refractivity contribution in [2.75, 3.05) is 14.2 Å². The van der Waals surface area contributed by atoms with E-state index in [9.17, 15) is 9.59 Å². The van der Waals surface area contributed by atoms with Crippen LogP contribution in [0.25, 0.3) is 0 Å². The van der Waals surface area contributed by atoms with Gasteiger partial charge in [0.2, 0.25) is 0 Å². The van der Waals surface area contributed by atoms with Crippen molar-refractivity contribution in [2.45, 2.75) is 18.6 Å².